The van der Waals surface area contributed by atoms with Crippen LogP contribution in [-0.4, -0.2) is 56.3 Å². The smallest absolute Gasteiger partial charge is 0.258 e. The standard InChI is InChI=1S/C21H30N4O5/c1-15(2)11-22-19(26)10-20(27)25-24-12-16-5-7-17(8-6-16)30-14-21(28)23-13-18-4-3-9-29-18/h5-8,12,15,18H,3-4,9-11,13-14H2,1-2H3,(H,22,26)(H,23,28)(H,25,27)/b24-12+/t18-/m1/s1. The third-order valence-electron chi connectivity index (χ3n) is 4.23. The number of rotatable bonds is 11. The largest absolute Gasteiger partial charge is 0.484 e. The Hall–Kier alpha value is -2.94. The minimum absolute atomic E-state index is 0.0743. The lowest BCUT2D eigenvalue weighted by Crippen LogP contribution is -2.35. The van der Waals surface area contributed by atoms with E-state index in [2.05, 4.69) is 21.2 Å². The molecule has 0 radical (unpaired) electrons. The molecule has 1 atom stereocenters. The summed E-state index contributed by atoms with van der Waals surface area (Å²) in [4.78, 5) is 35.1. The Bertz CT molecular complexity index is 727. The van der Waals surface area contributed by atoms with Crippen molar-refractivity contribution in [2.24, 2.45) is 11.0 Å². The topological polar surface area (TPSA) is 118 Å². The van der Waals surface area contributed by atoms with Gasteiger partial charge in [0.15, 0.2) is 6.61 Å². The van der Waals surface area contributed by atoms with E-state index in [0.717, 1.165) is 25.0 Å². The number of carbonyl (C=O) groups excluding carboxylic acids is 3. The number of hydrogen-bond acceptors (Lipinski definition) is 6. The van der Waals surface area contributed by atoms with Gasteiger partial charge in [0.25, 0.3) is 5.91 Å². The summed E-state index contributed by atoms with van der Waals surface area (Å²) in [5.74, 6) is -0.149. The van der Waals surface area contributed by atoms with Crippen molar-refractivity contribution in [2.45, 2.75) is 39.2 Å². The molecule has 3 amide bonds. The molecule has 1 heterocycles. The van der Waals surface area contributed by atoms with E-state index < -0.39 is 5.91 Å². The molecule has 1 aromatic rings. The van der Waals surface area contributed by atoms with Gasteiger partial charge in [-0.2, -0.15) is 5.10 Å². The summed E-state index contributed by atoms with van der Waals surface area (Å²) in [5.41, 5.74) is 3.05. The molecule has 1 saturated heterocycles. The van der Waals surface area contributed by atoms with Crippen LogP contribution in [0.25, 0.3) is 0 Å². The molecule has 3 N–H and O–H groups in total. The minimum Gasteiger partial charge on any atom is -0.484 e. The van der Waals surface area contributed by atoms with Crippen LogP contribution < -0.4 is 20.8 Å². The maximum Gasteiger partial charge on any atom is 0.258 e. The molecular weight excluding hydrogens is 388 g/mol. The molecule has 2 rings (SSSR count). The van der Waals surface area contributed by atoms with E-state index in [9.17, 15) is 14.4 Å². The number of hydrogen-bond donors (Lipinski definition) is 3. The Morgan fingerprint density at radius 3 is 2.60 bits per heavy atom. The van der Waals surface area contributed by atoms with Gasteiger partial charge in [0, 0.05) is 19.7 Å². The molecule has 0 aliphatic carbocycles. The SMILES string of the molecule is CC(C)CNC(=O)CC(=O)N/N=C/c1ccc(OCC(=O)NC[C@H]2CCCO2)cc1. The second-order valence-corrected chi connectivity index (χ2v) is 7.46. The molecular formula is C21H30N4O5. The first-order valence-corrected chi connectivity index (χ1v) is 10.1. The second-order valence-electron chi connectivity index (χ2n) is 7.46. The minimum atomic E-state index is -0.485. The first-order valence-electron chi connectivity index (χ1n) is 10.1. The van der Waals surface area contributed by atoms with E-state index in [1.165, 1.54) is 6.21 Å². The molecule has 0 unspecified atom stereocenters. The Kier molecular flexibility index (Phi) is 9.79. The monoisotopic (exact) mass is 418 g/mol. The van der Waals surface area contributed by atoms with E-state index in [0.29, 0.717) is 24.8 Å². The zero-order valence-electron chi connectivity index (χ0n) is 17.5. The summed E-state index contributed by atoms with van der Waals surface area (Å²) in [6.07, 6.45) is 3.29. The van der Waals surface area contributed by atoms with E-state index in [-0.39, 0.29) is 30.9 Å². The summed E-state index contributed by atoms with van der Waals surface area (Å²) in [6.45, 7) is 5.66. The zero-order valence-corrected chi connectivity index (χ0v) is 17.5. The fourth-order valence-electron chi connectivity index (χ4n) is 2.63. The van der Waals surface area contributed by atoms with Crippen LogP contribution in [0.4, 0.5) is 0 Å². The Morgan fingerprint density at radius 2 is 1.93 bits per heavy atom. The van der Waals surface area contributed by atoms with Crippen LogP contribution in [0.5, 0.6) is 5.75 Å². The Morgan fingerprint density at radius 1 is 1.17 bits per heavy atom. The van der Waals surface area contributed by atoms with Crippen LogP contribution in [0.1, 0.15) is 38.7 Å². The molecule has 1 aliphatic rings. The predicted molar refractivity (Wildman–Crippen MR) is 112 cm³/mol. The maximum atomic E-state index is 11.8. The highest BCUT2D eigenvalue weighted by atomic mass is 16.5. The van der Waals surface area contributed by atoms with Gasteiger partial charge >= 0.3 is 0 Å². The highest BCUT2D eigenvalue weighted by Crippen LogP contribution is 2.12. The average Bonchev–Trinajstić information content (AvgIpc) is 3.24. The van der Waals surface area contributed by atoms with Gasteiger partial charge in [-0.05, 0) is 48.6 Å². The number of amides is 3. The quantitative estimate of drug-likeness (QED) is 0.281. The molecule has 1 aromatic carbocycles. The van der Waals surface area contributed by atoms with Crippen molar-refractivity contribution in [1.82, 2.24) is 16.1 Å². The highest BCUT2D eigenvalue weighted by molar-refractivity contribution is 5.97. The van der Waals surface area contributed by atoms with Gasteiger partial charge in [0.1, 0.15) is 12.2 Å². The van der Waals surface area contributed by atoms with Crippen LogP contribution in [0.2, 0.25) is 0 Å². The Balaban J connectivity index is 1.65. The van der Waals surface area contributed by atoms with Gasteiger partial charge < -0.3 is 20.1 Å². The van der Waals surface area contributed by atoms with Crippen molar-refractivity contribution in [3.05, 3.63) is 29.8 Å². The molecule has 9 nitrogen and oxygen atoms in total. The molecule has 0 spiro atoms. The molecule has 1 fully saturated rings. The molecule has 0 bridgehead atoms. The molecule has 164 valence electrons. The van der Waals surface area contributed by atoms with Crippen molar-refractivity contribution in [2.75, 3.05) is 26.3 Å². The first kappa shape index (κ1) is 23.3. The van der Waals surface area contributed by atoms with E-state index in [4.69, 9.17) is 9.47 Å². The van der Waals surface area contributed by atoms with Gasteiger partial charge in [0.2, 0.25) is 11.8 Å². The van der Waals surface area contributed by atoms with Crippen LogP contribution in [0.3, 0.4) is 0 Å². The third-order valence-corrected chi connectivity index (χ3v) is 4.23. The van der Waals surface area contributed by atoms with Gasteiger partial charge in [-0.3, -0.25) is 14.4 Å². The zero-order chi connectivity index (χ0) is 21.8. The van der Waals surface area contributed by atoms with E-state index in [1.54, 1.807) is 24.3 Å². The van der Waals surface area contributed by atoms with Gasteiger partial charge in [-0.1, -0.05) is 13.8 Å². The lowest BCUT2D eigenvalue weighted by Gasteiger charge is -2.11. The lowest BCUT2D eigenvalue weighted by molar-refractivity contribution is -0.129. The van der Waals surface area contributed by atoms with Crippen LogP contribution in [0, 0.1) is 5.92 Å². The molecule has 1 aliphatic heterocycles. The van der Waals surface area contributed by atoms with E-state index >= 15 is 0 Å². The maximum absolute atomic E-state index is 11.8. The summed E-state index contributed by atoms with van der Waals surface area (Å²) < 4.78 is 10.9. The van der Waals surface area contributed by atoms with Crippen LogP contribution >= 0.6 is 0 Å². The summed E-state index contributed by atoms with van der Waals surface area (Å²) in [5, 5.41) is 9.30. The Labute approximate surface area is 176 Å². The van der Waals surface area contributed by atoms with Crippen molar-refractivity contribution < 1.29 is 23.9 Å². The van der Waals surface area contributed by atoms with Crippen molar-refractivity contribution in [3.8, 4) is 5.75 Å². The summed E-state index contributed by atoms with van der Waals surface area (Å²) >= 11 is 0. The van der Waals surface area contributed by atoms with Gasteiger partial charge in [-0.25, -0.2) is 5.43 Å². The summed E-state index contributed by atoms with van der Waals surface area (Å²) in [6, 6.07) is 6.89. The van der Waals surface area contributed by atoms with Crippen molar-refractivity contribution in [3.63, 3.8) is 0 Å². The predicted octanol–water partition coefficient (Wildman–Crippen LogP) is 0.973. The number of nitrogens with zero attached hydrogens (tertiary/aromatic N) is 1. The van der Waals surface area contributed by atoms with Crippen molar-refractivity contribution >= 4 is 23.9 Å². The number of hydrazone groups is 1. The molecule has 0 aromatic heterocycles. The number of nitrogens with one attached hydrogen (secondary N) is 3. The third kappa shape index (κ3) is 9.51. The van der Waals surface area contributed by atoms with E-state index in [1.807, 2.05) is 13.8 Å². The summed E-state index contributed by atoms with van der Waals surface area (Å²) in [7, 11) is 0. The van der Waals surface area contributed by atoms with Crippen molar-refractivity contribution in [1.29, 1.82) is 0 Å². The second kappa shape index (κ2) is 12.6. The fourth-order valence-corrected chi connectivity index (χ4v) is 2.63. The average molecular weight is 418 g/mol. The molecule has 0 saturated carbocycles. The van der Waals surface area contributed by atoms with Crippen LogP contribution in [0.15, 0.2) is 29.4 Å². The van der Waals surface area contributed by atoms with Gasteiger partial charge in [0.05, 0.1) is 12.3 Å². The first-order chi connectivity index (χ1) is 14.4. The molecule has 30 heavy (non-hydrogen) atoms. The normalized spacial score (nSPS) is 15.9. The number of carbonyl (C=O) groups is 3. The molecule has 9 heteroatoms. The number of benzene rings is 1. The highest BCUT2D eigenvalue weighted by Gasteiger charge is 2.16. The number of ether oxygens (including phenoxy) is 2. The lowest BCUT2D eigenvalue weighted by atomic mass is 10.2. The van der Waals surface area contributed by atoms with Gasteiger partial charge in [-0.15, -0.1) is 0 Å². The van der Waals surface area contributed by atoms with Crippen LogP contribution in [-0.2, 0) is 19.1 Å². The fraction of sp³-hybridized carbons (Fsp3) is 0.524.